The molecule has 2 aromatic rings. The second kappa shape index (κ2) is 7.02. The smallest absolute Gasteiger partial charge is 0.265 e. The normalized spacial score (nSPS) is 12.5. The number of nitrogens with one attached hydrogen (secondary N) is 1. The van der Waals surface area contributed by atoms with Crippen molar-refractivity contribution in [3.8, 4) is 5.75 Å². The number of sulfonamides is 1. The van der Waals surface area contributed by atoms with E-state index in [1.807, 2.05) is 32.0 Å². The first kappa shape index (κ1) is 18.0. The Morgan fingerprint density at radius 2 is 1.62 bits per heavy atom. The SMILES string of the molecule is Cc1cccc(C)c1OC(C)C(=O)Nc1ccc(S(N)(=O)=O)cc1. The summed E-state index contributed by atoms with van der Waals surface area (Å²) in [6.45, 7) is 5.48. The molecule has 1 amide bonds. The molecule has 0 spiro atoms. The number of aryl methyl sites for hydroxylation is 2. The van der Waals surface area contributed by atoms with E-state index in [4.69, 9.17) is 9.88 Å². The number of ether oxygens (including phenoxy) is 1. The minimum absolute atomic E-state index is 0.0136. The number of nitrogens with two attached hydrogens (primary N) is 1. The van der Waals surface area contributed by atoms with Gasteiger partial charge in [0.25, 0.3) is 5.91 Å². The van der Waals surface area contributed by atoms with Gasteiger partial charge in [-0.05, 0) is 56.2 Å². The maximum absolute atomic E-state index is 12.2. The Hall–Kier alpha value is -2.38. The Morgan fingerprint density at radius 3 is 2.12 bits per heavy atom. The number of amides is 1. The van der Waals surface area contributed by atoms with Gasteiger partial charge in [-0.2, -0.15) is 0 Å². The summed E-state index contributed by atoms with van der Waals surface area (Å²) in [7, 11) is -3.75. The second-order valence-electron chi connectivity index (χ2n) is 5.54. The van der Waals surface area contributed by atoms with Crippen LogP contribution in [-0.2, 0) is 14.8 Å². The fraction of sp³-hybridized carbons (Fsp3) is 0.235. The lowest BCUT2D eigenvalue weighted by atomic mass is 10.1. The molecule has 1 unspecified atom stereocenters. The van der Waals surface area contributed by atoms with E-state index >= 15 is 0 Å². The zero-order valence-electron chi connectivity index (χ0n) is 13.7. The summed E-state index contributed by atoms with van der Waals surface area (Å²) in [6, 6.07) is 11.4. The van der Waals surface area contributed by atoms with E-state index in [2.05, 4.69) is 5.32 Å². The van der Waals surface area contributed by atoms with Gasteiger partial charge in [-0.15, -0.1) is 0 Å². The summed E-state index contributed by atoms with van der Waals surface area (Å²) in [5.41, 5.74) is 2.36. The molecular formula is C17H20N2O4S. The number of carbonyl (C=O) groups is 1. The third-order valence-corrected chi connectivity index (χ3v) is 4.45. The van der Waals surface area contributed by atoms with Crippen LogP contribution in [0.3, 0.4) is 0 Å². The van der Waals surface area contributed by atoms with Crippen LogP contribution in [0.1, 0.15) is 18.1 Å². The largest absolute Gasteiger partial charge is 0.480 e. The van der Waals surface area contributed by atoms with Crippen LogP contribution in [0.25, 0.3) is 0 Å². The lowest BCUT2D eigenvalue weighted by molar-refractivity contribution is -0.122. The molecule has 3 N–H and O–H groups in total. The Kier molecular flexibility index (Phi) is 5.26. The number of para-hydroxylation sites is 1. The predicted octanol–water partition coefficient (Wildman–Crippen LogP) is 2.36. The fourth-order valence-corrected chi connectivity index (χ4v) is 2.70. The molecule has 0 bridgehead atoms. The minimum Gasteiger partial charge on any atom is -0.480 e. The summed E-state index contributed by atoms with van der Waals surface area (Å²) < 4.78 is 28.2. The van der Waals surface area contributed by atoms with E-state index in [1.165, 1.54) is 24.3 Å². The van der Waals surface area contributed by atoms with E-state index in [9.17, 15) is 13.2 Å². The maximum atomic E-state index is 12.2. The summed E-state index contributed by atoms with van der Waals surface area (Å²) in [5.74, 6) is 0.353. The number of benzene rings is 2. The number of carbonyl (C=O) groups excluding carboxylic acids is 1. The lowest BCUT2D eigenvalue weighted by Crippen LogP contribution is -2.30. The molecule has 6 nitrogen and oxygen atoms in total. The van der Waals surface area contributed by atoms with Crippen LogP contribution < -0.4 is 15.2 Å². The average Bonchev–Trinajstić information content (AvgIpc) is 2.50. The first-order valence-corrected chi connectivity index (χ1v) is 8.89. The van der Waals surface area contributed by atoms with E-state index in [0.29, 0.717) is 11.4 Å². The van der Waals surface area contributed by atoms with Crippen molar-refractivity contribution in [2.75, 3.05) is 5.32 Å². The molecular weight excluding hydrogens is 328 g/mol. The number of hydrogen-bond acceptors (Lipinski definition) is 4. The van der Waals surface area contributed by atoms with Crippen molar-refractivity contribution in [2.24, 2.45) is 5.14 Å². The first-order valence-electron chi connectivity index (χ1n) is 7.35. The maximum Gasteiger partial charge on any atom is 0.265 e. The molecule has 0 saturated heterocycles. The molecule has 0 radical (unpaired) electrons. The third kappa shape index (κ3) is 4.33. The van der Waals surface area contributed by atoms with Crippen molar-refractivity contribution in [2.45, 2.75) is 31.8 Å². The molecule has 0 aliphatic rings. The molecule has 1 atom stereocenters. The van der Waals surface area contributed by atoms with Gasteiger partial charge in [0.15, 0.2) is 6.10 Å². The van der Waals surface area contributed by atoms with Gasteiger partial charge in [-0.25, -0.2) is 13.6 Å². The zero-order valence-corrected chi connectivity index (χ0v) is 14.6. The van der Waals surface area contributed by atoms with Gasteiger partial charge >= 0.3 is 0 Å². The molecule has 128 valence electrons. The predicted molar refractivity (Wildman–Crippen MR) is 92.5 cm³/mol. The summed E-state index contributed by atoms with van der Waals surface area (Å²) in [5, 5.41) is 7.72. The molecule has 7 heteroatoms. The Morgan fingerprint density at radius 1 is 1.08 bits per heavy atom. The van der Waals surface area contributed by atoms with Crippen LogP contribution in [0, 0.1) is 13.8 Å². The highest BCUT2D eigenvalue weighted by molar-refractivity contribution is 7.89. The third-order valence-electron chi connectivity index (χ3n) is 3.52. The van der Waals surface area contributed by atoms with E-state index in [1.54, 1.807) is 6.92 Å². The monoisotopic (exact) mass is 348 g/mol. The van der Waals surface area contributed by atoms with E-state index < -0.39 is 16.1 Å². The molecule has 2 rings (SSSR count). The Labute approximate surface area is 141 Å². The molecule has 0 aliphatic carbocycles. The van der Waals surface area contributed by atoms with Gasteiger partial charge in [0.05, 0.1) is 4.90 Å². The van der Waals surface area contributed by atoms with Gasteiger partial charge < -0.3 is 10.1 Å². The van der Waals surface area contributed by atoms with Crippen molar-refractivity contribution >= 4 is 21.6 Å². The van der Waals surface area contributed by atoms with Crippen molar-refractivity contribution in [3.05, 3.63) is 53.6 Å². The summed E-state index contributed by atoms with van der Waals surface area (Å²) >= 11 is 0. The average molecular weight is 348 g/mol. The molecule has 0 aromatic heterocycles. The zero-order chi connectivity index (χ0) is 17.9. The first-order chi connectivity index (χ1) is 11.2. The standard InChI is InChI=1S/C17H20N2O4S/c1-11-5-4-6-12(2)16(11)23-13(3)17(20)19-14-7-9-15(10-8-14)24(18,21)22/h4-10,13H,1-3H3,(H,19,20)(H2,18,21,22). The lowest BCUT2D eigenvalue weighted by Gasteiger charge is -2.18. The van der Waals surface area contributed by atoms with Crippen LogP contribution in [0.5, 0.6) is 5.75 Å². The summed E-state index contributed by atoms with van der Waals surface area (Å²) in [4.78, 5) is 12.2. The van der Waals surface area contributed by atoms with Gasteiger partial charge in [-0.1, -0.05) is 18.2 Å². The Balaban J connectivity index is 2.06. The van der Waals surface area contributed by atoms with E-state index in [0.717, 1.165) is 11.1 Å². The van der Waals surface area contributed by atoms with Gasteiger partial charge in [-0.3, -0.25) is 4.79 Å². The number of rotatable bonds is 5. The fourth-order valence-electron chi connectivity index (χ4n) is 2.19. The Bertz CT molecular complexity index is 825. The molecule has 0 saturated carbocycles. The second-order valence-corrected chi connectivity index (χ2v) is 7.10. The van der Waals surface area contributed by atoms with Crippen LogP contribution in [0.2, 0.25) is 0 Å². The molecule has 0 aliphatic heterocycles. The van der Waals surface area contributed by atoms with Crippen LogP contribution >= 0.6 is 0 Å². The van der Waals surface area contributed by atoms with Crippen LogP contribution in [0.4, 0.5) is 5.69 Å². The van der Waals surface area contributed by atoms with Crippen molar-refractivity contribution in [1.82, 2.24) is 0 Å². The van der Waals surface area contributed by atoms with Crippen molar-refractivity contribution in [1.29, 1.82) is 0 Å². The van der Waals surface area contributed by atoms with Gasteiger partial charge in [0.2, 0.25) is 10.0 Å². The van der Waals surface area contributed by atoms with Gasteiger partial charge in [0.1, 0.15) is 5.75 Å². The highest BCUT2D eigenvalue weighted by atomic mass is 32.2. The van der Waals surface area contributed by atoms with Crippen LogP contribution in [0.15, 0.2) is 47.4 Å². The van der Waals surface area contributed by atoms with Crippen LogP contribution in [-0.4, -0.2) is 20.4 Å². The molecule has 2 aromatic carbocycles. The number of hydrogen-bond donors (Lipinski definition) is 2. The van der Waals surface area contributed by atoms with Crippen molar-refractivity contribution < 1.29 is 17.9 Å². The molecule has 24 heavy (non-hydrogen) atoms. The highest BCUT2D eigenvalue weighted by Gasteiger charge is 2.17. The van der Waals surface area contributed by atoms with Gasteiger partial charge in [0, 0.05) is 5.69 Å². The van der Waals surface area contributed by atoms with E-state index in [-0.39, 0.29) is 10.8 Å². The molecule has 0 fully saturated rings. The topological polar surface area (TPSA) is 98.5 Å². The minimum atomic E-state index is -3.75. The highest BCUT2D eigenvalue weighted by Crippen LogP contribution is 2.24. The quantitative estimate of drug-likeness (QED) is 0.866. The molecule has 0 heterocycles. The number of primary sulfonamides is 1. The number of anilines is 1. The van der Waals surface area contributed by atoms with Crippen molar-refractivity contribution in [3.63, 3.8) is 0 Å². The summed E-state index contributed by atoms with van der Waals surface area (Å²) in [6.07, 6.45) is -0.706.